The fraction of sp³-hybridized carbons (Fsp3) is 0.0909. The monoisotopic (exact) mass is 498 g/mol. The molecule has 0 unspecified atom stereocenters. The van der Waals surface area contributed by atoms with Gasteiger partial charge in [-0.25, -0.2) is 4.98 Å². The van der Waals surface area contributed by atoms with Gasteiger partial charge in [0.2, 0.25) is 5.89 Å². The van der Waals surface area contributed by atoms with E-state index in [0.29, 0.717) is 21.5 Å². The fourth-order valence-corrected chi connectivity index (χ4v) is 4.30. The minimum Gasteiger partial charge on any atom is -0.506 e. The quantitative estimate of drug-likeness (QED) is 0.306. The number of aromatic nitrogens is 1. The van der Waals surface area contributed by atoms with Gasteiger partial charge in [-0.2, -0.15) is 0 Å². The number of benzene rings is 3. The first-order chi connectivity index (χ1) is 13.4. The molecule has 0 aliphatic heterocycles. The van der Waals surface area contributed by atoms with Crippen molar-refractivity contribution >= 4 is 54.9 Å². The highest BCUT2D eigenvalue weighted by atomic mass is 79.9. The standard InChI is InChI=1S/C22H16Br2N2O2/c1-12-5-13(2)7-14(6-12)22-26-19-10-17(3-4-20(19)28-22)25-11-15-8-16(23)9-18(24)21(15)27/h3-11,27H,1-2H3. The van der Waals surface area contributed by atoms with Crippen LogP contribution < -0.4 is 0 Å². The Morgan fingerprint density at radius 2 is 1.75 bits per heavy atom. The molecule has 4 rings (SSSR count). The first-order valence-corrected chi connectivity index (χ1v) is 10.2. The molecule has 4 nitrogen and oxygen atoms in total. The van der Waals surface area contributed by atoms with Gasteiger partial charge in [0, 0.05) is 21.8 Å². The van der Waals surface area contributed by atoms with Crippen molar-refractivity contribution in [1.82, 2.24) is 4.98 Å². The normalized spacial score (nSPS) is 11.6. The van der Waals surface area contributed by atoms with Crippen molar-refractivity contribution in [3.05, 3.63) is 74.2 Å². The van der Waals surface area contributed by atoms with Crippen LogP contribution in [0.15, 0.2) is 66.9 Å². The van der Waals surface area contributed by atoms with Crippen LogP contribution in [0.3, 0.4) is 0 Å². The van der Waals surface area contributed by atoms with Crippen LogP contribution in [0.5, 0.6) is 5.75 Å². The van der Waals surface area contributed by atoms with Gasteiger partial charge in [-0.3, -0.25) is 4.99 Å². The summed E-state index contributed by atoms with van der Waals surface area (Å²) >= 11 is 6.74. The average molecular weight is 500 g/mol. The van der Waals surface area contributed by atoms with E-state index in [1.54, 1.807) is 18.3 Å². The third-order valence-electron chi connectivity index (χ3n) is 4.25. The zero-order valence-corrected chi connectivity index (χ0v) is 18.4. The van der Waals surface area contributed by atoms with Crippen LogP contribution in [0, 0.1) is 13.8 Å². The van der Waals surface area contributed by atoms with Crippen molar-refractivity contribution in [2.75, 3.05) is 0 Å². The summed E-state index contributed by atoms with van der Waals surface area (Å²) in [5.41, 5.74) is 6.08. The molecule has 1 N–H and O–H groups in total. The lowest BCUT2D eigenvalue weighted by atomic mass is 10.1. The highest BCUT2D eigenvalue weighted by molar-refractivity contribution is 9.11. The van der Waals surface area contributed by atoms with Crippen LogP contribution in [-0.2, 0) is 0 Å². The number of aryl methyl sites for hydroxylation is 2. The van der Waals surface area contributed by atoms with Gasteiger partial charge in [0.05, 0.1) is 10.2 Å². The molecule has 0 saturated carbocycles. The first kappa shape index (κ1) is 18.9. The van der Waals surface area contributed by atoms with Crippen LogP contribution >= 0.6 is 31.9 Å². The van der Waals surface area contributed by atoms with Gasteiger partial charge in [-0.1, -0.05) is 33.1 Å². The Labute approximate surface area is 179 Å². The molecule has 0 aliphatic carbocycles. The van der Waals surface area contributed by atoms with Crippen LogP contribution in [0.2, 0.25) is 0 Å². The van der Waals surface area contributed by atoms with Gasteiger partial charge < -0.3 is 9.52 Å². The Kier molecular flexibility index (Phi) is 5.08. The molecule has 0 aliphatic rings. The Hall–Kier alpha value is -2.44. The second-order valence-electron chi connectivity index (χ2n) is 6.63. The molecule has 6 heteroatoms. The van der Waals surface area contributed by atoms with E-state index in [1.807, 2.05) is 18.2 Å². The largest absolute Gasteiger partial charge is 0.506 e. The molecule has 0 atom stereocenters. The maximum atomic E-state index is 10.2. The van der Waals surface area contributed by atoms with Crippen molar-refractivity contribution in [3.8, 4) is 17.2 Å². The number of aromatic hydroxyl groups is 1. The van der Waals surface area contributed by atoms with E-state index in [9.17, 15) is 5.11 Å². The Bertz CT molecular complexity index is 1210. The van der Waals surface area contributed by atoms with Crippen LogP contribution in [0.4, 0.5) is 5.69 Å². The maximum absolute atomic E-state index is 10.2. The van der Waals surface area contributed by atoms with Crippen molar-refractivity contribution in [2.45, 2.75) is 13.8 Å². The summed E-state index contributed by atoms with van der Waals surface area (Å²) in [7, 11) is 0. The predicted molar refractivity (Wildman–Crippen MR) is 120 cm³/mol. The van der Waals surface area contributed by atoms with E-state index in [1.165, 1.54) is 11.1 Å². The summed E-state index contributed by atoms with van der Waals surface area (Å²) in [6.45, 7) is 4.11. The zero-order valence-electron chi connectivity index (χ0n) is 15.2. The topological polar surface area (TPSA) is 58.6 Å². The van der Waals surface area contributed by atoms with Crippen molar-refractivity contribution < 1.29 is 9.52 Å². The van der Waals surface area contributed by atoms with Gasteiger partial charge in [0.1, 0.15) is 11.3 Å². The minimum absolute atomic E-state index is 0.145. The summed E-state index contributed by atoms with van der Waals surface area (Å²) in [5.74, 6) is 0.739. The Morgan fingerprint density at radius 3 is 2.50 bits per heavy atom. The molecule has 140 valence electrons. The maximum Gasteiger partial charge on any atom is 0.227 e. The second kappa shape index (κ2) is 7.53. The highest BCUT2D eigenvalue weighted by Gasteiger charge is 2.10. The van der Waals surface area contributed by atoms with E-state index in [-0.39, 0.29) is 5.75 Å². The third kappa shape index (κ3) is 3.88. The van der Waals surface area contributed by atoms with E-state index in [4.69, 9.17) is 4.42 Å². The highest BCUT2D eigenvalue weighted by Crippen LogP contribution is 2.32. The van der Waals surface area contributed by atoms with E-state index in [0.717, 1.165) is 21.2 Å². The lowest BCUT2D eigenvalue weighted by Crippen LogP contribution is -1.84. The number of nitrogens with zero attached hydrogens (tertiary/aromatic N) is 2. The SMILES string of the molecule is Cc1cc(C)cc(-c2nc3cc(N=Cc4cc(Br)cc(Br)c4O)ccc3o2)c1. The molecule has 3 aromatic carbocycles. The molecule has 0 fully saturated rings. The van der Waals surface area contributed by atoms with Crippen molar-refractivity contribution in [3.63, 3.8) is 0 Å². The number of phenols is 1. The van der Waals surface area contributed by atoms with Gasteiger partial charge >= 0.3 is 0 Å². The number of hydrogen-bond donors (Lipinski definition) is 1. The van der Waals surface area contributed by atoms with Crippen molar-refractivity contribution in [2.24, 2.45) is 4.99 Å². The fourth-order valence-electron chi connectivity index (χ4n) is 3.05. The first-order valence-electron chi connectivity index (χ1n) is 8.60. The number of rotatable bonds is 3. The Balaban J connectivity index is 1.69. The molecule has 0 saturated heterocycles. The third-order valence-corrected chi connectivity index (χ3v) is 5.31. The van der Waals surface area contributed by atoms with Crippen LogP contribution in [0.25, 0.3) is 22.6 Å². The lowest BCUT2D eigenvalue weighted by molar-refractivity contribution is 0.471. The molecular formula is C22H16Br2N2O2. The van der Waals surface area contributed by atoms with Crippen LogP contribution in [-0.4, -0.2) is 16.3 Å². The van der Waals surface area contributed by atoms with Gasteiger partial charge in [-0.15, -0.1) is 0 Å². The smallest absolute Gasteiger partial charge is 0.227 e. The van der Waals surface area contributed by atoms with Gasteiger partial charge in [0.15, 0.2) is 5.58 Å². The number of hydrogen-bond acceptors (Lipinski definition) is 4. The average Bonchev–Trinajstić information content (AvgIpc) is 3.06. The summed E-state index contributed by atoms with van der Waals surface area (Å²) in [4.78, 5) is 9.09. The minimum atomic E-state index is 0.145. The summed E-state index contributed by atoms with van der Waals surface area (Å²) in [6, 6.07) is 15.4. The molecule has 1 heterocycles. The summed E-state index contributed by atoms with van der Waals surface area (Å²) in [6.07, 6.45) is 1.62. The van der Waals surface area contributed by atoms with Crippen molar-refractivity contribution in [1.29, 1.82) is 0 Å². The second-order valence-corrected chi connectivity index (χ2v) is 8.40. The lowest BCUT2D eigenvalue weighted by Gasteiger charge is -2.02. The van der Waals surface area contributed by atoms with Gasteiger partial charge in [0.25, 0.3) is 0 Å². The van der Waals surface area contributed by atoms with Crippen LogP contribution in [0.1, 0.15) is 16.7 Å². The van der Waals surface area contributed by atoms with E-state index >= 15 is 0 Å². The molecule has 0 spiro atoms. The van der Waals surface area contributed by atoms with E-state index in [2.05, 4.69) is 73.9 Å². The zero-order chi connectivity index (χ0) is 19.8. The Morgan fingerprint density at radius 1 is 1.00 bits per heavy atom. The molecule has 4 aromatic rings. The number of halogens is 2. The molecular weight excluding hydrogens is 484 g/mol. The summed E-state index contributed by atoms with van der Waals surface area (Å²) in [5, 5.41) is 10.2. The van der Waals surface area contributed by atoms with Gasteiger partial charge in [-0.05, 0) is 72.2 Å². The molecule has 0 radical (unpaired) electrons. The molecule has 28 heavy (non-hydrogen) atoms. The molecule has 1 aromatic heterocycles. The molecule has 0 bridgehead atoms. The number of oxazole rings is 1. The number of fused-ring (bicyclic) bond motifs is 1. The predicted octanol–water partition coefficient (Wildman–Crippen LogP) is 7.09. The summed E-state index contributed by atoms with van der Waals surface area (Å²) < 4.78 is 7.37. The number of phenolic OH excluding ortho intramolecular Hbond substituents is 1. The van der Waals surface area contributed by atoms with E-state index < -0.39 is 0 Å². The molecule has 0 amide bonds. The number of aliphatic imine (C=N–C) groups is 1.